The molecule has 0 unspecified atom stereocenters. The molecule has 0 saturated heterocycles. The maximum Gasteiger partial charge on any atom is 0.145 e. The topological polar surface area (TPSA) is 34.1 Å². The van der Waals surface area contributed by atoms with Crippen LogP contribution in [0, 0.1) is 5.82 Å². The van der Waals surface area contributed by atoms with Gasteiger partial charge in [0, 0.05) is 18.8 Å². The van der Waals surface area contributed by atoms with Crippen LogP contribution in [0.1, 0.15) is 12.5 Å². The summed E-state index contributed by atoms with van der Waals surface area (Å²) in [7, 11) is 0. The number of hydrogen-bond acceptors (Lipinski definition) is 3. The summed E-state index contributed by atoms with van der Waals surface area (Å²) in [6.45, 7) is 3.12. The average molecular weight is 360 g/mol. The minimum Gasteiger partial charge on any atom is -0.488 e. The zero-order chi connectivity index (χ0) is 14.5. The van der Waals surface area contributed by atoms with E-state index in [4.69, 9.17) is 16.3 Å². The Labute approximate surface area is 130 Å². The van der Waals surface area contributed by atoms with Gasteiger partial charge < -0.3 is 10.1 Å². The van der Waals surface area contributed by atoms with Crippen LogP contribution in [0.3, 0.4) is 0 Å². The summed E-state index contributed by atoms with van der Waals surface area (Å²) in [5.74, 6) is 0.691. The fourth-order valence-corrected chi connectivity index (χ4v) is 2.37. The number of halogens is 3. The molecule has 1 aromatic carbocycles. The van der Waals surface area contributed by atoms with E-state index in [9.17, 15) is 4.39 Å². The zero-order valence-corrected chi connectivity index (χ0v) is 13.1. The molecular formula is C14H13BrClFN2O. The monoisotopic (exact) mass is 358 g/mol. The number of rotatable bonds is 5. The Bertz CT molecular complexity index is 610. The Morgan fingerprint density at radius 3 is 2.95 bits per heavy atom. The van der Waals surface area contributed by atoms with Gasteiger partial charge in [-0.05, 0) is 46.6 Å². The first-order chi connectivity index (χ1) is 9.60. The molecule has 0 fully saturated rings. The van der Waals surface area contributed by atoms with Gasteiger partial charge in [-0.3, -0.25) is 0 Å². The fraction of sp³-hybridized carbons (Fsp3) is 0.214. The number of aromatic nitrogens is 1. The van der Waals surface area contributed by atoms with Gasteiger partial charge in [-0.25, -0.2) is 9.37 Å². The van der Waals surface area contributed by atoms with Crippen molar-refractivity contribution in [2.45, 2.75) is 13.5 Å². The maximum atomic E-state index is 13.4. The summed E-state index contributed by atoms with van der Waals surface area (Å²) in [5.41, 5.74) is 0.943. The SMILES string of the molecule is CCNc1cc(COc2cc(F)c(Cl)cc2Br)ccn1. The average Bonchev–Trinajstić information content (AvgIpc) is 2.42. The fourth-order valence-electron chi connectivity index (χ4n) is 1.62. The number of anilines is 1. The Balaban J connectivity index is 2.08. The number of benzene rings is 1. The third kappa shape index (κ3) is 3.84. The van der Waals surface area contributed by atoms with Gasteiger partial charge in [0.15, 0.2) is 0 Å². The third-order valence-corrected chi connectivity index (χ3v) is 3.46. The van der Waals surface area contributed by atoms with Gasteiger partial charge in [0.05, 0.1) is 9.50 Å². The van der Waals surface area contributed by atoms with Crippen molar-refractivity contribution < 1.29 is 9.13 Å². The van der Waals surface area contributed by atoms with Crippen molar-refractivity contribution in [3.05, 3.63) is 51.3 Å². The standard InChI is InChI=1S/C14H13BrClFN2O/c1-2-18-14-5-9(3-4-19-14)8-20-13-7-12(17)11(16)6-10(13)15/h3-7H,2,8H2,1H3,(H,18,19). The number of nitrogens with zero attached hydrogens (tertiary/aromatic N) is 1. The lowest BCUT2D eigenvalue weighted by Gasteiger charge is -2.10. The molecule has 0 aliphatic rings. The van der Waals surface area contributed by atoms with Crippen LogP contribution in [-0.2, 0) is 6.61 Å². The quantitative estimate of drug-likeness (QED) is 0.789. The van der Waals surface area contributed by atoms with E-state index in [1.54, 1.807) is 6.20 Å². The van der Waals surface area contributed by atoms with Crippen molar-refractivity contribution in [3.8, 4) is 5.75 Å². The molecule has 0 aliphatic carbocycles. The lowest BCUT2D eigenvalue weighted by atomic mass is 10.2. The predicted octanol–water partition coefficient (Wildman–Crippen LogP) is 4.65. The smallest absolute Gasteiger partial charge is 0.145 e. The first-order valence-electron chi connectivity index (χ1n) is 6.06. The summed E-state index contributed by atoms with van der Waals surface area (Å²) in [6.07, 6.45) is 1.70. The highest BCUT2D eigenvalue weighted by Crippen LogP contribution is 2.31. The lowest BCUT2D eigenvalue weighted by Crippen LogP contribution is -2.02. The first kappa shape index (κ1) is 15.1. The Morgan fingerprint density at radius 2 is 2.20 bits per heavy atom. The molecule has 1 aromatic heterocycles. The van der Waals surface area contributed by atoms with Crippen LogP contribution >= 0.6 is 27.5 Å². The van der Waals surface area contributed by atoms with Gasteiger partial charge in [0.2, 0.25) is 0 Å². The van der Waals surface area contributed by atoms with Gasteiger partial charge in [-0.1, -0.05) is 11.6 Å². The van der Waals surface area contributed by atoms with E-state index in [1.165, 1.54) is 12.1 Å². The van der Waals surface area contributed by atoms with Gasteiger partial charge in [-0.15, -0.1) is 0 Å². The van der Waals surface area contributed by atoms with Crippen LogP contribution in [0.4, 0.5) is 10.2 Å². The summed E-state index contributed by atoms with van der Waals surface area (Å²) >= 11 is 8.97. The Hall–Kier alpha value is -1.33. The summed E-state index contributed by atoms with van der Waals surface area (Å²) < 4.78 is 19.6. The van der Waals surface area contributed by atoms with Crippen LogP contribution < -0.4 is 10.1 Å². The molecule has 0 spiro atoms. The van der Waals surface area contributed by atoms with Gasteiger partial charge in [0.1, 0.15) is 24.0 Å². The van der Waals surface area contributed by atoms with E-state index in [0.29, 0.717) is 16.8 Å². The molecule has 0 aliphatic heterocycles. The Morgan fingerprint density at radius 1 is 1.40 bits per heavy atom. The molecule has 0 atom stereocenters. The van der Waals surface area contributed by atoms with Gasteiger partial charge >= 0.3 is 0 Å². The summed E-state index contributed by atoms with van der Waals surface area (Å²) in [6, 6.07) is 6.48. The molecule has 106 valence electrons. The van der Waals surface area contributed by atoms with E-state index in [1.807, 2.05) is 19.1 Å². The third-order valence-electron chi connectivity index (χ3n) is 2.55. The number of hydrogen-bond donors (Lipinski definition) is 1. The van der Waals surface area contributed by atoms with Crippen molar-refractivity contribution >= 4 is 33.3 Å². The van der Waals surface area contributed by atoms with E-state index in [0.717, 1.165) is 17.9 Å². The molecule has 1 N–H and O–H groups in total. The van der Waals surface area contributed by atoms with Gasteiger partial charge in [-0.2, -0.15) is 0 Å². The van der Waals surface area contributed by atoms with Crippen molar-refractivity contribution in [2.75, 3.05) is 11.9 Å². The zero-order valence-electron chi connectivity index (χ0n) is 10.8. The number of nitrogens with one attached hydrogen (secondary N) is 1. The number of ether oxygens (including phenoxy) is 1. The minimum absolute atomic E-state index is 0.0579. The highest BCUT2D eigenvalue weighted by atomic mass is 79.9. The molecular weight excluding hydrogens is 347 g/mol. The van der Waals surface area contributed by atoms with Crippen molar-refractivity contribution in [3.63, 3.8) is 0 Å². The highest BCUT2D eigenvalue weighted by molar-refractivity contribution is 9.10. The Kier molecular flexibility index (Phi) is 5.20. The van der Waals surface area contributed by atoms with E-state index < -0.39 is 5.82 Å². The first-order valence-corrected chi connectivity index (χ1v) is 7.23. The van der Waals surface area contributed by atoms with Crippen LogP contribution in [0.25, 0.3) is 0 Å². The molecule has 3 nitrogen and oxygen atoms in total. The molecule has 0 bridgehead atoms. The normalized spacial score (nSPS) is 10.4. The van der Waals surface area contributed by atoms with Crippen LogP contribution in [0.2, 0.25) is 5.02 Å². The van der Waals surface area contributed by atoms with Crippen molar-refractivity contribution in [1.82, 2.24) is 4.98 Å². The minimum atomic E-state index is -0.507. The second-order valence-corrected chi connectivity index (χ2v) is 5.33. The van der Waals surface area contributed by atoms with E-state index >= 15 is 0 Å². The largest absolute Gasteiger partial charge is 0.488 e. The summed E-state index contributed by atoms with van der Waals surface area (Å²) in [5, 5.41) is 3.18. The molecule has 1 heterocycles. The van der Waals surface area contributed by atoms with Gasteiger partial charge in [0.25, 0.3) is 0 Å². The molecule has 0 radical (unpaired) electrons. The maximum absolute atomic E-state index is 13.4. The van der Waals surface area contributed by atoms with Crippen LogP contribution in [0.15, 0.2) is 34.9 Å². The molecule has 2 aromatic rings. The number of pyridine rings is 1. The molecule has 6 heteroatoms. The summed E-state index contributed by atoms with van der Waals surface area (Å²) in [4.78, 5) is 4.17. The van der Waals surface area contributed by atoms with Crippen LogP contribution in [0.5, 0.6) is 5.75 Å². The highest BCUT2D eigenvalue weighted by Gasteiger charge is 2.08. The second-order valence-electron chi connectivity index (χ2n) is 4.07. The molecule has 20 heavy (non-hydrogen) atoms. The van der Waals surface area contributed by atoms with Crippen LogP contribution in [-0.4, -0.2) is 11.5 Å². The lowest BCUT2D eigenvalue weighted by molar-refractivity contribution is 0.302. The van der Waals surface area contributed by atoms with E-state index in [2.05, 4.69) is 26.2 Å². The second kappa shape index (κ2) is 6.90. The molecule has 0 saturated carbocycles. The van der Waals surface area contributed by atoms with Crippen molar-refractivity contribution in [2.24, 2.45) is 0 Å². The van der Waals surface area contributed by atoms with Crippen molar-refractivity contribution in [1.29, 1.82) is 0 Å². The predicted molar refractivity (Wildman–Crippen MR) is 81.8 cm³/mol. The van der Waals surface area contributed by atoms with E-state index in [-0.39, 0.29) is 5.02 Å². The molecule has 0 amide bonds. The molecule has 2 rings (SSSR count).